The lowest BCUT2D eigenvalue weighted by molar-refractivity contribution is 0.0941. The smallest absolute Gasteiger partial charge is 0.273 e. The summed E-state index contributed by atoms with van der Waals surface area (Å²) in [5.41, 5.74) is 5.65. The molecule has 1 amide bonds. The number of rotatable bonds is 2. The highest BCUT2D eigenvalue weighted by atomic mass is 32.1. The molecule has 0 aliphatic rings. The molecule has 0 fully saturated rings. The molecular weight excluding hydrogens is 290 g/mol. The topological polar surface area (TPSA) is 93.6 Å². The molecule has 7 heteroatoms. The molecule has 2 aromatic carbocycles. The van der Waals surface area contributed by atoms with E-state index in [0.717, 1.165) is 11.8 Å². The molecule has 0 heterocycles. The van der Waals surface area contributed by atoms with E-state index < -0.39 is 5.91 Å². The van der Waals surface area contributed by atoms with E-state index in [4.69, 9.17) is 17.3 Å². The molecule has 0 bridgehead atoms. The third-order valence-electron chi connectivity index (χ3n) is 2.55. The molecule has 0 saturated heterocycles. The number of aromatic hydroxyl groups is 2. The summed E-state index contributed by atoms with van der Waals surface area (Å²) in [6.45, 7) is 0. The number of carbonyl (C=O) groups excluding carboxylic acids is 1. The van der Waals surface area contributed by atoms with Crippen molar-refractivity contribution < 1.29 is 15.0 Å². The second-order valence-corrected chi connectivity index (χ2v) is 4.51. The zero-order chi connectivity index (χ0) is 15.2. The average Bonchev–Trinajstić information content (AvgIpc) is 2.46. The van der Waals surface area contributed by atoms with Gasteiger partial charge in [-0.1, -0.05) is 18.2 Å². The SMILES string of the molecule is O=C(NNC(=S)Nc1ccccc1)c1ccc(O)cc1O. The number of anilines is 1. The predicted molar refractivity (Wildman–Crippen MR) is 83.0 cm³/mol. The summed E-state index contributed by atoms with van der Waals surface area (Å²) >= 11 is 5.02. The van der Waals surface area contributed by atoms with Crippen LogP contribution in [-0.2, 0) is 0 Å². The quantitative estimate of drug-likeness (QED) is 0.428. The van der Waals surface area contributed by atoms with Crippen molar-refractivity contribution >= 4 is 28.9 Å². The largest absolute Gasteiger partial charge is 0.508 e. The Kier molecular flexibility index (Phi) is 4.57. The van der Waals surface area contributed by atoms with E-state index in [-0.39, 0.29) is 22.2 Å². The third kappa shape index (κ3) is 4.08. The molecular formula is C14H13N3O3S. The van der Waals surface area contributed by atoms with Crippen molar-refractivity contribution in [1.29, 1.82) is 0 Å². The Morgan fingerprint density at radius 2 is 1.71 bits per heavy atom. The highest BCUT2D eigenvalue weighted by Gasteiger charge is 2.11. The van der Waals surface area contributed by atoms with Gasteiger partial charge in [-0.15, -0.1) is 0 Å². The summed E-state index contributed by atoms with van der Waals surface area (Å²) in [6.07, 6.45) is 0. The minimum atomic E-state index is -0.579. The lowest BCUT2D eigenvalue weighted by Gasteiger charge is -2.12. The van der Waals surface area contributed by atoms with Gasteiger partial charge in [0.05, 0.1) is 5.56 Å². The van der Waals surface area contributed by atoms with Crippen molar-refractivity contribution in [2.75, 3.05) is 5.32 Å². The third-order valence-corrected chi connectivity index (χ3v) is 2.75. The number of phenolic OH excluding ortho intramolecular Hbond substituents is 2. The number of thiocarbonyl (C=S) groups is 1. The number of para-hydroxylation sites is 1. The Balaban J connectivity index is 1.90. The van der Waals surface area contributed by atoms with Crippen LogP contribution in [0.25, 0.3) is 0 Å². The predicted octanol–water partition coefficient (Wildman–Crippen LogP) is 1.73. The maximum absolute atomic E-state index is 11.8. The van der Waals surface area contributed by atoms with Gasteiger partial charge >= 0.3 is 0 Å². The second-order valence-electron chi connectivity index (χ2n) is 4.10. The molecule has 108 valence electrons. The Morgan fingerprint density at radius 1 is 1.00 bits per heavy atom. The monoisotopic (exact) mass is 303 g/mol. The summed E-state index contributed by atoms with van der Waals surface area (Å²) in [5.74, 6) is -1.03. The van der Waals surface area contributed by atoms with Gasteiger partial charge in [-0.3, -0.25) is 15.6 Å². The molecule has 21 heavy (non-hydrogen) atoms. The molecule has 6 nitrogen and oxygen atoms in total. The number of hydrogen-bond donors (Lipinski definition) is 5. The van der Waals surface area contributed by atoms with Crippen molar-refractivity contribution in [1.82, 2.24) is 10.9 Å². The van der Waals surface area contributed by atoms with Crippen LogP contribution in [0.3, 0.4) is 0 Å². The van der Waals surface area contributed by atoms with Crippen molar-refractivity contribution in [2.45, 2.75) is 0 Å². The summed E-state index contributed by atoms with van der Waals surface area (Å²) in [6, 6.07) is 12.9. The van der Waals surface area contributed by atoms with Crippen LogP contribution in [0.15, 0.2) is 48.5 Å². The maximum Gasteiger partial charge on any atom is 0.273 e. The van der Waals surface area contributed by atoms with Gasteiger partial charge in [-0.05, 0) is 36.5 Å². The van der Waals surface area contributed by atoms with Gasteiger partial charge in [0, 0.05) is 11.8 Å². The molecule has 0 aromatic heterocycles. The standard InChI is InChI=1S/C14H13N3O3S/c18-10-6-7-11(12(19)8-10)13(20)16-17-14(21)15-9-4-2-1-3-5-9/h1-8,18-19H,(H,16,20)(H2,15,17,21). The van der Waals surface area contributed by atoms with Gasteiger partial charge in [-0.25, -0.2) is 0 Å². The number of benzene rings is 2. The van der Waals surface area contributed by atoms with Crippen LogP contribution in [0.1, 0.15) is 10.4 Å². The van der Waals surface area contributed by atoms with E-state index in [1.165, 1.54) is 12.1 Å². The first kappa shape index (κ1) is 14.6. The Hall–Kier alpha value is -2.80. The van der Waals surface area contributed by atoms with Crippen LogP contribution < -0.4 is 16.2 Å². The summed E-state index contributed by atoms with van der Waals surface area (Å²) < 4.78 is 0. The van der Waals surface area contributed by atoms with Gasteiger partial charge in [0.2, 0.25) is 0 Å². The fraction of sp³-hybridized carbons (Fsp3) is 0. The van der Waals surface area contributed by atoms with Crippen molar-refractivity contribution in [3.05, 3.63) is 54.1 Å². The van der Waals surface area contributed by atoms with Crippen LogP contribution in [-0.4, -0.2) is 21.2 Å². The second kappa shape index (κ2) is 6.58. The van der Waals surface area contributed by atoms with Crippen molar-refractivity contribution in [2.24, 2.45) is 0 Å². The van der Waals surface area contributed by atoms with Gasteiger partial charge < -0.3 is 15.5 Å². The number of nitrogens with one attached hydrogen (secondary N) is 3. The lowest BCUT2D eigenvalue weighted by Crippen LogP contribution is -2.43. The van der Waals surface area contributed by atoms with Crippen LogP contribution in [0.5, 0.6) is 11.5 Å². The van der Waals surface area contributed by atoms with E-state index in [1.54, 1.807) is 0 Å². The first-order chi connectivity index (χ1) is 10.1. The number of hydrazine groups is 1. The van der Waals surface area contributed by atoms with Gasteiger partial charge in [-0.2, -0.15) is 0 Å². The maximum atomic E-state index is 11.8. The highest BCUT2D eigenvalue weighted by molar-refractivity contribution is 7.80. The summed E-state index contributed by atoms with van der Waals surface area (Å²) in [7, 11) is 0. The number of hydrogen-bond acceptors (Lipinski definition) is 4. The van der Waals surface area contributed by atoms with E-state index in [0.29, 0.717) is 0 Å². The highest BCUT2D eigenvalue weighted by Crippen LogP contribution is 2.22. The normalized spacial score (nSPS) is 9.71. The summed E-state index contributed by atoms with van der Waals surface area (Å²) in [5, 5.41) is 21.8. The van der Waals surface area contributed by atoms with Crippen molar-refractivity contribution in [3.8, 4) is 11.5 Å². The van der Waals surface area contributed by atoms with Gasteiger partial charge in [0.15, 0.2) is 5.11 Å². The van der Waals surface area contributed by atoms with E-state index >= 15 is 0 Å². The van der Waals surface area contributed by atoms with Crippen LogP contribution >= 0.6 is 12.2 Å². The van der Waals surface area contributed by atoms with E-state index in [2.05, 4.69) is 16.2 Å². The Labute approximate surface area is 126 Å². The molecule has 2 aromatic rings. The number of phenols is 2. The molecule has 2 rings (SSSR count). The van der Waals surface area contributed by atoms with Crippen molar-refractivity contribution in [3.63, 3.8) is 0 Å². The first-order valence-corrected chi connectivity index (χ1v) is 6.41. The molecule has 0 radical (unpaired) electrons. The molecule has 0 unspecified atom stereocenters. The lowest BCUT2D eigenvalue weighted by atomic mass is 10.2. The molecule has 0 aliphatic carbocycles. The molecule has 0 aliphatic heterocycles. The van der Waals surface area contributed by atoms with E-state index in [1.807, 2.05) is 30.3 Å². The van der Waals surface area contributed by atoms with Crippen LogP contribution in [0, 0.1) is 0 Å². The van der Waals surface area contributed by atoms with Gasteiger partial charge in [0.1, 0.15) is 11.5 Å². The fourth-order valence-electron chi connectivity index (χ4n) is 1.58. The molecule has 0 atom stereocenters. The number of carbonyl (C=O) groups is 1. The Bertz CT molecular complexity index is 662. The molecule has 0 saturated carbocycles. The summed E-state index contributed by atoms with van der Waals surface area (Å²) in [4.78, 5) is 11.8. The van der Waals surface area contributed by atoms with Crippen LogP contribution in [0.2, 0.25) is 0 Å². The molecule has 0 spiro atoms. The van der Waals surface area contributed by atoms with E-state index in [9.17, 15) is 9.90 Å². The number of amides is 1. The Morgan fingerprint density at radius 3 is 2.38 bits per heavy atom. The average molecular weight is 303 g/mol. The minimum Gasteiger partial charge on any atom is -0.508 e. The molecule has 5 N–H and O–H groups in total. The zero-order valence-corrected chi connectivity index (χ0v) is 11.6. The van der Waals surface area contributed by atoms with Gasteiger partial charge in [0.25, 0.3) is 5.91 Å². The first-order valence-electron chi connectivity index (χ1n) is 6.00. The minimum absolute atomic E-state index is 0.0165. The fourth-order valence-corrected chi connectivity index (χ4v) is 1.75. The zero-order valence-electron chi connectivity index (χ0n) is 10.8. The van der Waals surface area contributed by atoms with Crippen LogP contribution in [0.4, 0.5) is 5.69 Å².